The molecular formula is C19H15ClF3N7S2. The van der Waals surface area contributed by atoms with Crippen LogP contribution in [0.25, 0.3) is 5.69 Å². The van der Waals surface area contributed by atoms with Crippen LogP contribution in [0.5, 0.6) is 0 Å². The van der Waals surface area contributed by atoms with Crippen molar-refractivity contribution in [2.45, 2.75) is 42.4 Å². The molecule has 0 unspecified atom stereocenters. The summed E-state index contributed by atoms with van der Waals surface area (Å²) in [6.45, 7) is 0. The first-order valence-electron chi connectivity index (χ1n) is 9.63. The van der Waals surface area contributed by atoms with E-state index < -0.39 is 11.7 Å². The van der Waals surface area contributed by atoms with Crippen molar-refractivity contribution < 1.29 is 13.2 Å². The molecule has 0 radical (unpaired) electrons. The van der Waals surface area contributed by atoms with E-state index in [1.165, 1.54) is 28.8 Å². The van der Waals surface area contributed by atoms with Gasteiger partial charge in [0.1, 0.15) is 5.82 Å². The molecule has 0 aliphatic heterocycles. The molecule has 32 heavy (non-hydrogen) atoms. The summed E-state index contributed by atoms with van der Waals surface area (Å²) in [6, 6.07) is 7.93. The molecule has 13 heteroatoms. The van der Waals surface area contributed by atoms with Gasteiger partial charge in [-0.25, -0.2) is 0 Å². The van der Waals surface area contributed by atoms with Gasteiger partial charge < -0.3 is 4.57 Å². The third-order valence-corrected chi connectivity index (χ3v) is 6.97. The highest BCUT2D eigenvalue weighted by atomic mass is 35.5. The van der Waals surface area contributed by atoms with Gasteiger partial charge in [-0.3, -0.25) is 0 Å². The van der Waals surface area contributed by atoms with Crippen LogP contribution >= 0.6 is 34.7 Å². The third-order valence-electron chi connectivity index (χ3n) is 4.92. The standard InChI is InChI=1S/C19H15ClF3N7S2/c20-11-3-6-15(14(8-11)19(21,22)23)30-17(25-27-28-30)10-32-18-26-24-16(29(18)12-4-5-12)9-13-2-1-7-31-13/h1-3,6-8,12H,4-5,9-10H2. The molecule has 3 aromatic heterocycles. The number of alkyl halides is 3. The number of hydrogen-bond donors (Lipinski definition) is 0. The van der Waals surface area contributed by atoms with Crippen molar-refractivity contribution in [3.63, 3.8) is 0 Å². The molecule has 5 rings (SSSR count). The first kappa shape index (κ1) is 21.4. The van der Waals surface area contributed by atoms with E-state index in [4.69, 9.17) is 11.6 Å². The van der Waals surface area contributed by atoms with Crippen LogP contribution in [0.3, 0.4) is 0 Å². The van der Waals surface area contributed by atoms with Gasteiger partial charge in [0.05, 0.1) is 17.0 Å². The minimum atomic E-state index is -4.60. The summed E-state index contributed by atoms with van der Waals surface area (Å²) < 4.78 is 43.9. The van der Waals surface area contributed by atoms with E-state index in [0.717, 1.165) is 29.4 Å². The van der Waals surface area contributed by atoms with E-state index in [0.29, 0.717) is 17.6 Å². The van der Waals surface area contributed by atoms with Crippen LogP contribution in [0.2, 0.25) is 5.02 Å². The van der Waals surface area contributed by atoms with Crippen molar-refractivity contribution >= 4 is 34.7 Å². The van der Waals surface area contributed by atoms with E-state index in [2.05, 4.69) is 36.4 Å². The Labute approximate surface area is 193 Å². The molecule has 0 bridgehead atoms. The van der Waals surface area contributed by atoms with Gasteiger partial charge in [-0.05, 0) is 52.9 Å². The highest BCUT2D eigenvalue weighted by Gasteiger charge is 2.35. The van der Waals surface area contributed by atoms with Gasteiger partial charge in [-0.1, -0.05) is 29.4 Å². The number of rotatable bonds is 7. The fourth-order valence-corrected chi connectivity index (χ4v) is 5.13. The van der Waals surface area contributed by atoms with E-state index in [9.17, 15) is 13.2 Å². The molecule has 0 N–H and O–H groups in total. The Morgan fingerprint density at radius 2 is 1.97 bits per heavy atom. The summed E-state index contributed by atoms with van der Waals surface area (Å²) in [6.07, 6.45) is -1.79. The molecule has 1 aromatic carbocycles. The smallest absolute Gasteiger partial charge is 0.303 e. The van der Waals surface area contributed by atoms with Crippen LogP contribution in [-0.4, -0.2) is 35.0 Å². The third kappa shape index (κ3) is 4.39. The zero-order chi connectivity index (χ0) is 22.3. The average Bonchev–Trinajstić information content (AvgIpc) is 3.14. The van der Waals surface area contributed by atoms with Crippen molar-refractivity contribution in [1.29, 1.82) is 0 Å². The second-order valence-corrected chi connectivity index (χ2v) is 9.62. The Hall–Kier alpha value is -2.44. The minimum Gasteiger partial charge on any atom is -0.303 e. The summed E-state index contributed by atoms with van der Waals surface area (Å²) in [5.41, 5.74) is -1.08. The maximum atomic E-state index is 13.5. The van der Waals surface area contributed by atoms with Gasteiger partial charge >= 0.3 is 6.18 Å². The molecule has 4 aromatic rings. The lowest BCUT2D eigenvalue weighted by Crippen LogP contribution is -2.13. The van der Waals surface area contributed by atoms with Gasteiger partial charge in [0.25, 0.3) is 0 Å². The first-order valence-corrected chi connectivity index (χ1v) is 11.9. The van der Waals surface area contributed by atoms with Crippen molar-refractivity contribution in [3.05, 3.63) is 62.8 Å². The summed E-state index contributed by atoms with van der Waals surface area (Å²) >= 11 is 8.81. The molecule has 1 aliphatic carbocycles. The molecule has 0 amide bonds. The summed E-state index contributed by atoms with van der Waals surface area (Å²) in [5.74, 6) is 1.39. The van der Waals surface area contributed by atoms with Crippen molar-refractivity contribution in [1.82, 2.24) is 35.0 Å². The van der Waals surface area contributed by atoms with Crippen molar-refractivity contribution in [2.24, 2.45) is 0 Å². The Morgan fingerprint density at radius 3 is 2.69 bits per heavy atom. The number of benzene rings is 1. The number of thiophene rings is 1. The van der Waals surface area contributed by atoms with Crippen LogP contribution in [0.15, 0.2) is 40.9 Å². The average molecular weight is 498 g/mol. The zero-order valence-electron chi connectivity index (χ0n) is 16.3. The van der Waals surface area contributed by atoms with E-state index in [1.54, 1.807) is 11.3 Å². The molecule has 1 saturated carbocycles. The Morgan fingerprint density at radius 1 is 1.12 bits per heavy atom. The summed E-state index contributed by atoms with van der Waals surface area (Å²) in [7, 11) is 0. The van der Waals surface area contributed by atoms with Gasteiger partial charge in [-0.2, -0.15) is 17.9 Å². The van der Waals surface area contributed by atoms with E-state index in [-0.39, 0.29) is 22.3 Å². The molecule has 166 valence electrons. The molecule has 1 aliphatic rings. The summed E-state index contributed by atoms with van der Waals surface area (Å²) in [4.78, 5) is 1.20. The van der Waals surface area contributed by atoms with Gasteiger partial charge in [0.2, 0.25) is 0 Å². The van der Waals surface area contributed by atoms with Crippen LogP contribution in [0, 0.1) is 0 Å². The van der Waals surface area contributed by atoms with E-state index in [1.807, 2.05) is 11.4 Å². The lowest BCUT2D eigenvalue weighted by Gasteiger charge is -2.14. The predicted molar refractivity (Wildman–Crippen MR) is 114 cm³/mol. The minimum absolute atomic E-state index is 0.0131. The van der Waals surface area contributed by atoms with Crippen molar-refractivity contribution in [3.8, 4) is 5.69 Å². The maximum Gasteiger partial charge on any atom is 0.418 e. The Bertz CT molecular complexity index is 1230. The fraction of sp³-hybridized carbons (Fsp3) is 0.316. The number of hydrogen-bond acceptors (Lipinski definition) is 7. The second kappa shape index (κ2) is 8.49. The Balaban J connectivity index is 1.41. The molecular weight excluding hydrogens is 483 g/mol. The first-order chi connectivity index (χ1) is 15.4. The molecule has 0 atom stereocenters. The highest BCUT2D eigenvalue weighted by molar-refractivity contribution is 7.98. The zero-order valence-corrected chi connectivity index (χ0v) is 18.7. The van der Waals surface area contributed by atoms with Crippen LogP contribution in [0.4, 0.5) is 13.2 Å². The SMILES string of the molecule is FC(F)(F)c1cc(Cl)ccc1-n1nnnc1CSc1nnc(Cc2cccs2)n1C1CC1. The van der Waals surface area contributed by atoms with Crippen LogP contribution in [-0.2, 0) is 18.3 Å². The molecule has 1 fully saturated rings. The fourth-order valence-electron chi connectivity index (χ4n) is 3.33. The largest absolute Gasteiger partial charge is 0.418 e. The normalized spacial score (nSPS) is 14.2. The topological polar surface area (TPSA) is 74.3 Å². The van der Waals surface area contributed by atoms with Crippen LogP contribution < -0.4 is 0 Å². The van der Waals surface area contributed by atoms with E-state index >= 15 is 0 Å². The second-order valence-electron chi connectivity index (χ2n) is 7.21. The number of tetrazole rings is 1. The predicted octanol–water partition coefficient (Wildman–Crippen LogP) is 5.21. The number of aromatic nitrogens is 7. The highest BCUT2D eigenvalue weighted by Crippen LogP contribution is 2.40. The monoisotopic (exact) mass is 497 g/mol. The van der Waals surface area contributed by atoms with Crippen molar-refractivity contribution in [2.75, 3.05) is 0 Å². The summed E-state index contributed by atoms with van der Waals surface area (Å²) in [5, 5.41) is 22.7. The lowest BCUT2D eigenvalue weighted by molar-refractivity contribution is -0.137. The van der Waals surface area contributed by atoms with Gasteiger partial charge in [-0.15, -0.1) is 26.6 Å². The molecule has 0 saturated heterocycles. The molecule has 0 spiro atoms. The quantitative estimate of drug-likeness (QED) is 0.326. The van der Waals surface area contributed by atoms with Gasteiger partial charge in [0, 0.05) is 22.4 Å². The lowest BCUT2D eigenvalue weighted by atomic mass is 10.1. The molecule has 3 heterocycles. The molecule has 7 nitrogen and oxygen atoms in total. The maximum absolute atomic E-state index is 13.5. The Kier molecular flexibility index (Phi) is 5.68. The number of nitrogens with zero attached hydrogens (tertiary/aromatic N) is 7. The van der Waals surface area contributed by atoms with Crippen LogP contribution in [0.1, 0.15) is 41.0 Å². The number of halogens is 4. The van der Waals surface area contributed by atoms with Gasteiger partial charge in [0.15, 0.2) is 11.0 Å². The number of thioether (sulfide) groups is 1.